The number of hydrogen-bond acceptors (Lipinski definition) is 4. The zero-order valence-corrected chi connectivity index (χ0v) is 14.5. The van der Waals surface area contributed by atoms with E-state index in [0.29, 0.717) is 17.3 Å². The van der Waals surface area contributed by atoms with Gasteiger partial charge in [-0.1, -0.05) is 35.9 Å². The Labute approximate surface area is 151 Å². The molecule has 2 aromatic carbocycles. The van der Waals surface area contributed by atoms with Crippen molar-refractivity contribution in [3.63, 3.8) is 0 Å². The number of carbonyl (C=O) groups is 2. The number of hydrogen-bond donors (Lipinski definition) is 1. The van der Waals surface area contributed by atoms with Crippen LogP contribution in [0.1, 0.15) is 11.1 Å². The van der Waals surface area contributed by atoms with Crippen LogP contribution in [-0.4, -0.2) is 25.6 Å². The molecule has 0 atom stereocenters. The summed E-state index contributed by atoms with van der Waals surface area (Å²) in [5, 5.41) is 3.29. The zero-order valence-electron chi connectivity index (χ0n) is 13.7. The lowest BCUT2D eigenvalue weighted by molar-refractivity contribution is -0.143. The van der Waals surface area contributed by atoms with Gasteiger partial charge in [-0.2, -0.15) is 0 Å². The maximum absolute atomic E-state index is 11.7. The normalized spacial score (nSPS) is 10.5. The van der Waals surface area contributed by atoms with Crippen molar-refractivity contribution >= 4 is 29.6 Å². The molecule has 0 unspecified atom stereocenters. The standard InChI is InChI=1S/C19H18ClNO4/c1-24-17-4-2-3-14(11-17)7-10-19(23)25-13-18(22)21-12-15-5-8-16(20)9-6-15/h2-11H,12-13H2,1H3,(H,21,22)/b10-7+. The highest BCUT2D eigenvalue weighted by atomic mass is 35.5. The molecule has 2 aromatic rings. The lowest BCUT2D eigenvalue weighted by Crippen LogP contribution is -2.28. The van der Waals surface area contributed by atoms with Gasteiger partial charge in [-0.05, 0) is 41.5 Å². The molecular formula is C19H18ClNO4. The molecule has 2 rings (SSSR count). The molecule has 0 aliphatic heterocycles. The molecule has 1 amide bonds. The van der Waals surface area contributed by atoms with Crippen LogP contribution in [0.3, 0.4) is 0 Å². The molecule has 0 heterocycles. The molecule has 130 valence electrons. The molecule has 0 saturated carbocycles. The summed E-state index contributed by atoms with van der Waals surface area (Å²) in [5.74, 6) is -0.278. The molecule has 5 nitrogen and oxygen atoms in total. The van der Waals surface area contributed by atoms with Crippen LogP contribution in [0, 0.1) is 0 Å². The minimum absolute atomic E-state index is 0.338. The molecule has 6 heteroatoms. The van der Waals surface area contributed by atoms with Crippen LogP contribution < -0.4 is 10.1 Å². The van der Waals surface area contributed by atoms with E-state index >= 15 is 0 Å². The van der Waals surface area contributed by atoms with Crippen LogP contribution in [0.15, 0.2) is 54.6 Å². The molecule has 25 heavy (non-hydrogen) atoms. The number of benzene rings is 2. The van der Waals surface area contributed by atoms with Crippen molar-refractivity contribution in [1.82, 2.24) is 5.32 Å². The first-order valence-electron chi connectivity index (χ1n) is 7.57. The van der Waals surface area contributed by atoms with Gasteiger partial charge >= 0.3 is 5.97 Å². The quantitative estimate of drug-likeness (QED) is 0.609. The second-order valence-corrected chi connectivity index (χ2v) is 5.56. The maximum Gasteiger partial charge on any atom is 0.331 e. The molecule has 0 aliphatic carbocycles. The summed E-state index contributed by atoms with van der Waals surface area (Å²) >= 11 is 5.79. The van der Waals surface area contributed by atoms with Gasteiger partial charge in [0.05, 0.1) is 7.11 Å². The van der Waals surface area contributed by atoms with E-state index in [1.807, 2.05) is 24.3 Å². The van der Waals surface area contributed by atoms with Crippen LogP contribution in [0.2, 0.25) is 5.02 Å². The van der Waals surface area contributed by atoms with Gasteiger partial charge in [-0.3, -0.25) is 4.79 Å². The molecule has 1 N–H and O–H groups in total. The Hall–Kier alpha value is -2.79. The van der Waals surface area contributed by atoms with E-state index in [1.54, 1.807) is 37.5 Å². The highest BCUT2D eigenvalue weighted by Crippen LogP contribution is 2.13. The number of halogens is 1. The lowest BCUT2D eigenvalue weighted by Gasteiger charge is -2.05. The van der Waals surface area contributed by atoms with Crippen LogP contribution in [0.25, 0.3) is 6.08 Å². The molecule has 0 fully saturated rings. The predicted octanol–water partition coefficient (Wildman–Crippen LogP) is 3.22. The summed E-state index contributed by atoms with van der Waals surface area (Å²) in [6, 6.07) is 14.3. The van der Waals surface area contributed by atoms with Gasteiger partial charge in [-0.25, -0.2) is 4.79 Å². The van der Waals surface area contributed by atoms with Crippen molar-refractivity contribution in [3.05, 3.63) is 70.8 Å². The smallest absolute Gasteiger partial charge is 0.331 e. The molecule has 0 aliphatic rings. The summed E-state index contributed by atoms with van der Waals surface area (Å²) in [7, 11) is 1.57. The van der Waals surface area contributed by atoms with Crippen molar-refractivity contribution in [2.45, 2.75) is 6.54 Å². The highest BCUT2D eigenvalue weighted by molar-refractivity contribution is 6.30. The van der Waals surface area contributed by atoms with E-state index in [2.05, 4.69) is 5.32 Å². The van der Waals surface area contributed by atoms with Crippen LogP contribution in [-0.2, 0) is 20.9 Å². The number of methoxy groups -OCH3 is 1. The monoisotopic (exact) mass is 359 g/mol. The first-order valence-corrected chi connectivity index (χ1v) is 7.94. The van der Waals surface area contributed by atoms with E-state index in [1.165, 1.54) is 6.08 Å². The van der Waals surface area contributed by atoms with Gasteiger partial charge in [0.15, 0.2) is 6.61 Å². The van der Waals surface area contributed by atoms with Crippen molar-refractivity contribution in [1.29, 1.82) is 0 Å². The van der Waals surface area contributed by atoms with Crippen LogP contribution in [0.5, 0.6) is 5.75 Å². The Morgan fingerprint density at radius 2 is 1.92 bits per heavy atom. The fourth-order valence-electron chi connectivity index (χ4n) is 1.95. The average Bonchev–Trinajstić information content (AvgIpc) is 2.64. The van der Waals surface area contributed by atoms with Crippen molar-refractivity contribution in [2.75, 3.05) is 13.7 Å². The van der Waals surface area contributed by atoms with Gasteiger partial charge in [0, 0.05) is 17.6 Å². The largest absolute Gasteiger partial charge is 0.497 e. The van der Waals surface area contributed by atoms with Crippen molar-refractivity contribution < 1.29 is 19.1 Å². The first-order chi connectivity index (χ1) is 12.1. The third-order valence-electron chi connectivity index (χ3n) is 3.25. The van der Waals surface area contributed by atoms with E-state index in [9.17, 15) is 9.59 Å². The molecule has 0 saturated heterocycles. The van der Waals surface area contributed by atoms with E-state index in [4.69, 9.17) is 21.1 Å². The SMILES string of the molecule is COc1cccc(/C=C/C(=O)OCC(=O)NCc2ccc(Cl)cc2)c1. The number of rotatable bonds is 7. The molecule has 0 aromatic heterocycles. The molecular weight excluding hydrogens is 342 g/mol. The third kappa shape index (κ3) is 6.69. The number of ether oxygens (including phenoxy) is 2. The highest BCUT2D eigenvalue weighted by Gasteiger charge is 2.05. The minimum Gasteiger partial charge on any atom is -0.497 e. The van der Waals surface area contributed by atoms with Crippen molar-refractivity contribution in [2.24, 2.45) is 0 Å². The van der Waals surface area contributed by atoms with Gasteiger partial charge in [0.1, 0.15) is 5.75 Å². The Morgan fingerprint density at radius 3 is 2.64 bits per heavy atom. The van der Waals surface area contributed by atoms with Gasteiger partial charge < -0.3 is 14.8 Å². The molecule has 0 spiro atoms. The van der Waals surface area contributed by atoms with Crippen LogP contribution in [0.4, 0.5) is 0 Å². The lowest BCUT2D eigenvalue weighted by atomic mass is 10.2. The predicted molar refractivity (Wildman–Crippen MR) is 96.3 cm³/mol. The minimum atomic E-state index is -0.593. The van der Waals surface area contributed by atoms with E-state index in [-0.39, 0.29) is 12.5 Å². The maximum atomic E-state index is 11.7. The Bertz CT molecular complexity index is 756. The second kappa shape index (κ2) is 9.49. The summed E-state index contributed by atoms with van der Waals surface area (Å²) in [5.41, 5.74) is 1.70. The van der Waals surface area contributed by atoms with E-state index in [0.717, 1.165) is 11.1 Å². The Morgan fingerprint density at radius 1 is 1.16 bits per heavy atom. The fourth-order valence-corrected chi connectivity index (χ4v) is 2.07. The summed E-state index contributed by atoms with van der Waals surface area (Å²) in [6.45, 7) is 0.00206. The number of amides is 1. The number of esters is 1. The number of nitrogens with one attached hydrogen (secondary N) is 1. The van der Waals surface area contributed by atoms with Gasteiger partial charge in [0.25, 0.3) is 5.91 Å². The summed E-state index contributed by atoms with van der Waals surface area (Å²) in [6.07, 6.45) is 2.86. The Balaban J connectivity index is 1.74. The van der Waals surface area contributed by atoms with Gasteiger partial charge in [-0.15, -0.1) is 0 Å². The Kier molecular flexibility index (Phi) is 7.04. The first kappa shape index (κ1) is 18.5. The fraction of sp³-hybridized carbons (Fsp3) is 0.158. The zero-order chi connectivity index (χ0) is 18.1. The van der Waals surface area contributed by atoms with E-state index < -0.39 is 5.97 Å². The molecule has 0 radical (unpaired) electrons. The topological polar surface area (TPSA) is 64.6 Å². The number of carbonyl (C=O) groups excluding carboxylic acids is 2. The summed E-state index contributed by atoms with van der Waals surface area (Å²) < 4.78 is 10.00. The second-order valence-electron chi connectivity index (χ2n) is 5.12. The van der Waals surface area contributed by atoms with Crippen LogP contribution >= 0.6 is 11.6 Å². The molecule has 0 bridgehead atoms. The van der Waals surface area contributed by atoms with Crippen molar-refractivity contribution in [3.8, 4) is 5.75 Å². The average molecular weight is 360 g/mol. The summed E-state index contributed by atoms with van der Waals surface area (Å²) in [4.78, 5) is 23.3. The van der Waals surface area contributed by atoms with Gasteiger partial charge in [0.2, 0.25) is 0 Å². The third-order valence-corrected chi connectivity index (χ3v) is 3.51.